The molecule has 146 valence electrons. The summed E-state index contributed by atoms with van der Waals surface area (Å²) in [5.74, 6) is 0. The molecule has 31 heavy (non-hydrogen) atoms. The van der Waals surface area contributed by atoms with E-state index in [1.165, 1.54) is 32.1 Å². The highest BCUT2D eigenvalue weighted by atomic mass is 31.1. The predicted octanol–water partition coefficient (Wildman–Crippen LogP) is 5.09. The van der Waals surface area contributed by atoms with Gasteiger partial charge in [-0.2, -0.15) is 0 Å². The van der Waals surface area contributed by atoms with Crippen LogP contribution in [-0.2, 0) is 0 Å². The molecule has 0 amide bonds. The third-order valence-corrected chi connectivity index (χ3v) is 8.22. The molecule has 0 fully saturated rings. The van der Waals surface area contributed by atoms with Crippen LogP contribution in [0.3, 0.4) is 0 Å². The molecule has 3 aromatic carbocycles. The Kier molecular flexibility index (Phi) is 4.40. The zero-order valence-electron chi connectivity index (χ0n) is 16.7. The lowest BCUT2D eigenvalue weighted by Crippen LogP contribution is -2.23. The van der Waals surface area contributed by atoms with Crippen molar-refractivity contribution in [2.45, 2.75) is 0 Å². The number of nitrogens with zero attached hydrogens (tertiary/aromatic N) is 3. The van der Waals surface area contributed by atoms with E-state index in [1.54, 1.807) is 0 Å². The largest absolute Gasteiger partial charge is 0.256 e. The molecule has 0 aliphatic rings. The van der Waals surface area contributed by atoms with Gasteiger partial charge in [0.25, 0.3) is 0 Å². The van der Waals surface area contributed by atoms with Gasteiger partial charge in [0.15, 0.2) is 0 Å². The standard InChI is InChI=1S/C27H18N3P/c1-4-10-22-19(7-1)25(13-16-28-22)31(26-14-17-29-23-11-5-2-8-20(23)26)27-15-18-30-24-12-6-3-9-21(24)27/h1-18H. The second-order valence-electron chi connectivity index (χ2n) is 7.38. The van der Waals surface area contributed by atoms with Crippen LogP contribution >= 0.6 is 7.92 Å². The van der Waals surface area contributed by atoms with Crippen LogP contribution in [0.1, 0.15) is 0 Å². The Balaban J connectivity index is 1.75. The predicted molar refractivity (Wildman–Crippen MR) is 131 cm³/mol. The number of pyridine rings is 3. The van der Waals surface area contributed by atoms with Gasteiger partial charge in [0.05, 0.1) is 16.6 Å². The minimum Gasteiger partial charge on any atom is -0.256 e. The molecule has 6 aromatic rings. The van der Waals surface area contributed by atoms with E-state index in [4.69, 9.17) is 0 Å². The molecule has 0 bridgehead atoms. The maximum Gasteiger partial charge on any atom is 0.0708 e. The summed E-state index contributed by atoms with van der Waals surface area (Å²) in [5.41, 5.74) is 3.05. The first-order valence-electron chi connectivity index (χ1n) is 10.2. The van der Waals surface area contributed by atoms with Crippen molar-refractivity contribution in [3.8, 4) is 0 Å². The highest BCUT2D eigenvalue weighted by Crippen LogP contribution is 2.39. The summed E-state index contributed by atoms with van der Waals surface area (Å²) < 4.78 is 0. The molecule has 0 aliphatic carbocycles. The molecule has 6 rings (SSSR count). The monoisotopic (exact) mass is 415 g/mol. The second-order valence-corrected chi connectivity index (χ2v) is 9.49. The van der Waals surface area contributed by atoms with E-state index in [0.29, 0.717) is 0 Å². The average molecular weight is 415 g/mol. The molecule has 0 atom stereocenters. The molecule has 0 spiro atoms. The van der Waals surface area contributed by atoms with Crippen molar-refractivity contribution in [1.82, 2.24) is 15.0 Å². The Labute approximate surface area is 181 Å². The third kappa shape index (κ3) is 3.06. The Morgan fingerprint density at radius 1 is 0.387 bits per heavy atom. The summed E-state index contributed by atoms with van der Waals surface area (Å²) in [7, 11) is -0.865. The van der Waals surface area contributed by atoms with Crippen LogP contribution in [0.5, 0.6) is 0 Å². The van der Waals surface area contributed by atoms with E-state index in [9.17, 15) is 0 Å². The van der Waals surface area contributed by atoms with Crippen LogP contribution in [0, 0.1) is 0 Å². The van der Waals surface area contributed by atoms with Gasteiger partial charge in [0.1, 0.15) is 0 Å². The molecule has 0 N–H and O–H groups in total. The summed E-state index contributed by atoms with van der Waals surface area (Å²) in [6.07, 6.45) is 5.79. The summed E-state index contributed by atoms with van der Waals surface area (Å²) in [6, 6.07) is 31.8. The third-order valence-electron chi connectivity index (χ3n) is 5.60. The Morgan fingerprint density at radius 3 is 1.06 bits per heavy atom. The number of para-hydroxylation sites is 3. The van der Waals surface area contributed by atoms with E-state index in [-0.39, 0.29) is 0 Å². The molecule has 3 heterocycles. The topological polar surface area (TPSA) is 38.7 Å². The summed E-state index contributed by atoms with van der Waals surface area (Å²) >= 11 is 0. The number of fused-ring (bicyclic) bond motifs is 3. The Hall–Kier alpha value is -3.68. The number of hydrogen-bond acceptors (Lipinski definition) is 3. The minimum atomic E-state index is -0.865. The van der Waals surface area contributed by atoms with Gasteiger partial charge in [0.2, 0.25) is 0 Å². The molecule has 0 unspecified atom stereocenters. The number of rotatable bonds is 3. The Morgan fingerprint density at radius 2 is 0.710 bits per heavy atom. The summed E-state index contributed by atoms with van der Waals surface area (Å²) in [4.78, 5) is 13.9. The molecule has 0 saturated heterocycles. The lowest BCUT2D eigenvalue weighted by atomic mass is 10.2. The number of benzene rings is 3. The first-order chi connectivity index (χ1) is 15.4. The zero-order chi connectivity index (χ0) is 20.6. The minimum absolute atomic E-state index is 0.865. The van der Waals surface area contributed by atoms with Gasteiger partial charge in [-0.1, -0.05) is 54.6 Å². The van der Waals surface area contributed by atoms with Crippen molar-refractivity contribution < 1.29 is 0 Å². The summed E-state index contributed by atoms with van der Waals surface area (Å²) in [5, 5.41) is 7.48. The SMILES string of the molecule is c1ccc2c(P(c3ccnc4ccccc34)c3ccnc4ccccc34)ccnc2c1. The van der Waals surface area contributed by atoms with E-state index in [1.807, 2.05) is 36.8 Å². The van der Waals surface area contributed by atoms with E-state index in [2.05, 4.69) is 87.7 Å². The highest BCUT2D eigenvalue weighted by molar-refractivity contribution is 7.81. The molecule has 0 aliphatic heterocycles. The van der Waals surface area contributed by atoms with Crippen LogP contribution in [0.4, 0.5) is 0 Å². The Bertz CT molecular complexity index is 1360. The molecule has 3 nitrogen and oxygen atoms in total. The van der Waals surface area contributed by atoms with Crippen molar-refractivity contribution in [1.29, 1.82) is 0 Å². The number of hydrogen-bond donors (Lipinski definition) is 0. The molecule has 0 radical (unpaired) electrons. The molecule has 0 saturated carbocycles. The van der Waals surface area contributed by atoms with Gasteiger partial charge in [0, 0.05) is 34.7 Å². The average Bonchev–Trinajstić information content (AvgIpc) is 2.85. The van der Waals surface area contributed by atoms with Crippen molar-refractivity contribution in [2.75, 3.05) is 0 Å². The van der Waals surface area contributed by atoms with Gasteiger partial charge in [-0.05, 0) is 60.2 Å². The first-order valence-corrected chi connectivity index (χ1v) is 11.6. The van der Waals surface area contributed by atoms with Crippen LogP contribution in [0.25, 0.3) is 32.7 Å². The quantitative estimate of drug-likeness (QED) is 0.378. The summed E-state index contributed by atoms with van der Waals surface area (Å²) in [6.45, 7) is 0. The van der Waals surface area contributed by atoms with Crippen LogP contribution < -0.4 is 15.9 Å². The first kappa shape index (κ1) is 18.1. The molecular formula is C27H18N3P. The van der Waals surface area contributed by atoms with Crippen LogP contribution in [0.15, 0.2) is 110 Å². The van der Waals surface area contributed by atoms with Crippen LogP contribution in [0.2, 0.25) is 0 Å². The molecular weight excluding hydrogens is 397 g/mol. The van der Waals surface area contributed by atoms with Gasteiger partial charge >= 0.3 is 0 Å². The fourth-order valence-electron chi connectivity index (χ4n) is 4.22. The van der Waals surface area contributed by atoms with Gasteiger partial charge in [-0.15, -0.1) is 0 Å². The van der Waals surface area contributed by atoms with Gasteiger partial charge in [-0.3, -0.25) is 15.0 Å². The van der Waals surface area contributed by atoms with Crippen molar-refractivity contribution in [3.05, 3.63) is 110 Å². The van der Waals surface area contributed by atoms with E-state index < -0.39 is 7.92 Å². The van der Waals surface area contributed by atoms with Crippen molar-refractivity contribution in [2.24, 2.45) is 0 Å². The maximum atomic E-state index is 4.62. The number of aromatic nitrogens is 3. The van der Waals surface area contributed by atoms with Gasteiger partial charge in [-0.25, -0.2) is 0 Å². The highest BCUT2D eigenvalue weighted by Gasteiger charge is 2.23. The van der Waals surface area contributed by atoms with Crippen LogP contribution in [-0.4, -0.2) is 15.0 Å². The van der Waals surface area contributed by atoms with Crippen molar-refractivity contribution in [3.63, 3.8) is 0 Å². The smallest absolute Gasteiger partial charge is 0.0708 e. The fourth-order valence-corrected chi connectivity index (χ4v) is 6.93. The fraction of sp³-hybridized carbons (Fsp3) is 0. The second kappa shape index (κ2) is 7.54. The van der Waals surface area contributed by atoms with E-state index in [0.717, 1.165) is 16.6 Å². The maximum absolute atomic E-state index is 4.62. The van der Waals surface area contributed by atoms with E-state index >= 15 is 0 Å². The lowest BCUT2D eigenvalue weighted by Gasteiger charge is -2.23. The zero-order valence-corrected chi connectivity index (χ0v) is 17.6. The van der Waals surface area contributed by atoms with Crippen molar-refractivity contribution >= 4 is 56.5 Å². The lowest BCUT2D eigenvalue weighted by molar-refractivity contribution is 1.42. The molecule has 4 heteroatoms. The molecule has 3 aromatic heterocycles. The van der Waals surface area contributed by atoms with Gasteiger partial charge < -0.3 is 0 Å². The normalized spacial score (nSPS) is 11.5.